The molecule has 3 aromatic rings. The predicted molar refractivity (Wildman–Crippen MR) is 86.9 cm³/mol. The summed E-state index contributed by atoms with van der Waals surface area (Å²) in [6.45, 7) is 0.728. The fourth-order valence-corrected chi connectivity index (χ4v) is 2.54. The normalized spacial score (nSPS) is 11.3. The molecule has 0 spiro atoms. The van der Waals surface area contributed by atoms with Gasteiger partial charge >= 0.3 is 5.69 Å². The van der Waals surface area contributed by atoms with Crippen LogP contribution in [-0.4, -0.2) is 41.7 Å². The molecular formula is C14H18FN7O2. The van der Waals surface area contributed by atoms with Crippen molar-refractivity contribution in [3.8, 4) is 0 Å². The van der Waals surface area contributed by atoms with E-state index in [1.165, 1.54) is 22.6 Å². The minimum Gasteiger partial charge on any atom is -0.367 e. The molecule has 0 amide bonds. The molecule has 9 nitrogen and oxygen atoms in total. The van der Waals surface area contributed by atoms with Crippen molar-refractivity contribution in [2.24, 2.45) is 14.1 Å². The fraction of sp³-hybridized carbons (Fsp3) is 0.429. The van der Waals surface area contributed by atoms with E-state index in [0.717, 1.165) is 4.57 Å². The number of imidazole rings is 1. The highest BCUT2D eigenvalue weighted by Crippen LogP contribution is 2.06. The molecule has 10 heteroatoms. The number of aryl methyl sites for hydroxylation is 2. The van der Waals surface area contributed by atoms with Crippen LogP contribution < -0.4 is 16.6 Å². The molecule has 0 saturated heterocycles. The summed E-state index contributed by atoms with van der Waals surface area (Å²) in [7, 11) is 3.02. The highest BCUT2D eigenvalue weighted by Gasteiger charge is 2.13. The van der Waals surface area contributed by atoms with Crippen molar-refractivity contribution in [1.29, 1.82) is 0 Å². The van der Waals surface area contributed by atoms with Crippen molar-refractivity contribution in [3.05, 3.63) is 39.4 Å². The first-order chi connectivity index (χ1) is 11.5. The van der Waals surface area contributed by atoms with Crippen LogP contribution in [0.5, 0.6) is 0 Å². The second kappa shape index (κ2) is 6.30. The number of alkyl halides is 1. The maximum atomic E-state index is 12.3. The van der Waals surface area contributed by atoms with Crippen molar-refractivity contribution in [1.82, 2.24) is 28.5 Å². The Hall–Kier alpha value is -2.91. The maximum Gasteiger partial charge on any atom is 0.332 e. The van der Waals surface area contributed by atoms with Gasteiger partial charge in [0.15, 0.2) is 11.2 Å². The van der Waals surface area contributed by atoms with E-state index in [1.54, 1.807) is 23.9 Å². The quantitative estimate of drug-likeness (QED) is 0.668. The van der Waals surface area contributed by atoms with Crippen LogP contribution in [-0.2, 0) is 27.2 Å². The van der Waals surface area contributed by atoms with E-state index in [9.17, 15) is 14.0 Å². The van der Waals surface area contributed by atoms with Crippen LogP contribution in [0.1, 0.15) is 0 Å². The number of aromatic nitrogens is 6. The van der Waals surface area contributed by atoms with Gasteiger partial charge in [-0.2, -0.15) is 5.10 Å². The number of rotatable bonds is 6. The minimum atomic E-state index is -0.468. The third kappa shape index (κ3) is 2.70. The van der Waals surface area contributed by atoms with Crippen LogP contribution in [0.25, 0.3) is 11.2 Å². The van der Waals surface area contributed by atoms with Crippen LogP contribution in [0, 0.1) is 0 Å². The van der Waals surface area contributed by atoms with E-state index in [2.05, 4.69) is 15.4 Å². The second-order valence-electron chi connectivity index (χ2n) is 5.40. The number of hydrogen-bond acceptors (Lipinski definition) is 5. The second-order valence-corrected chi connectivity index (χ2v) is 5.40. The zero-order chi connectivity index (χ0) is 17.3. The van der Waals surface area contributed by atoms with E-state index in [0.29, 0.717) is 30.1 Å². The highest BCUT2D eigenvalue weighted by molar-refractivity contribution is 5.69. The Labute approximate surface area is 136 Å². The Kier molecular flexibility index (Phi) is 4.19. The summed E-state index contributed by atoms with van der Waals surface area (Å²) < 4.78 is 17.9. The van der Waals surface area contributed by atoms with E-state index in [1.807, 2.05) is 0 Å². The van der Waals surface area contributed by atoms with Gasteiger partial charge in [0.1, 0.15) is 12.5 Å². The topological polar surface area (TPSA) is 91.7 Å². The number of halogens is 1. The standard InChI is InChI=1S/C14H18FN7O2/c1-19-12-11(13(23)20(2)14(19)24)21(9-17-12)8-5-16-10-3-6-22(18-10)7-4-15/h3,6,9H,4-5,7-8H2,1-2H3,(H,16,18). The zero-order valence-electron chi connectivity index (χ0n) is 13.4. The lowest BCUT2D eigenvalue weighted by Crippen LogP contribution is -2.37. The van der Waals surface area contributed by atoms with Gasteiger partial charge in [-0.05, 0) is 0 Å². The Bertz CT molecular complexity index is 981. The number of fused-ring (bicyclic) bond motifs is 1. The monoisotopic (exact) mass is 335 g/mol. The van der Waals surface area contributed by atoms with Crippen molar-refractivity contribution in [2.45, 2.75) is 13.1 Å². The van der Waals surface area contributed by atoms with E-state index < -0.39 is 12.4 Å². The maximum absolute atomic E-state index is 12.3. The van der Waals surface area contributed by atoms with E-state index in [4.69, 9.17) is 0 Å². The van der Waals surface area contributed by atoms with Crippen molar-refractivity contribution in [2.75, 3.05) is 18.5 Å². The van der Waals surface area contributed by atoms with Crippen molar-refractivity contribution in [3.63, 3.8) is 0 Å². The van der Waals surface area contributed by atoms with Gasteiger partial charge in [-0.3, -0.25) is 18.6 Å². The Balaban J connectivity index is 1.78. The Morgan fingerprint density at radius 1 is 1.21 bits per heavy atom. The van der Waals surface area contributed by atoms with Gasteiger partial charge in [-0.25, -0.2) is 14.2 Å². The minimum absolute atomic E-state index is 0.220. The van der Waals surface area contributed by atoms with Crippen molar-refractivity contribution < 1.29 is 4.39 Å². The van der Waals surface area contributed by atoms with Gasteiger partial charge < -0.3 is 9.88 Å². The SMILES string of the molecule is Cn1c(=O)c2c(ncn2CCNc2ccn(CCF)n2)n(C)c1=O. The molecule has 0 aliphatic heterocycles. The van der Waals surface area contributed by atoms with Gasteiger partial charge in [-0.15, -0.1) is 0 Å². The number of hydrogen-bond donors (Lipinski definition) is 1. The zero-order valence-corrected chi connectivity index (χ0v) is 13.4. The largest absolute Gasteiger partial charge is 0.367 e. The molecule has 3 aromatic heterocycles. The van der Waals surface area contributed by atoms with Gasteiger partial charge in [-0.1, -0.05) is 0 Å². The highest BCUT2D eigenvalue weighted by atomic mass is 19.1. The van der Waals surface area contributed by atoms with Gasteiger partial charge in [0.2, 0.25) is 0 Å². The first-order valence-corrected chi connectivity index (χ1v) is 7.47. The van der Waals surface area contributed by atoms with Gasteiger partial charge in [0.25, 0.3) is 5.56 Å². The molecule has 0 fully saturated rings. The lowest BCUT2D eigenvalue weighted by atomic mass is 10.4. The fourth-order valence-electron chi connectivity index (χ4n) is 2.54. The average Bonchev–Trinajstić information content (AvgIpc) is 3.19. The van der Waals surface area contributed by atoms with Crippen LogP contribution in [0.2, 0.25) is 0 Å². The molecule has 0 saturated carbocycles. The lowest BCUT2D eigenvalue weighted by Gasteiger charge is -2.07. The summed E-state index contributed by atoms with van der Waals surface area (Å²) in [6, 6.07) is 1.75. The number of nitrogens with zero attached hydrogens (tertiary/aromatic N) is 6. The first-order valence-electron chi connectivity index (χ1n) is 7.47. The first kappa shape index (κ1) is 16.0. The molecule has 0 aliphatic carbocycles. The third-order valence-corrected chi connectivity index (χ3v) is 3.83. The third-order valence-electron chi connectivity index (χ3n) is 3.83. The molecule has 0 unspecified atom stereocenters. The van der Waals surface area contributed by atoms with Crippen LogP contribution >= 0.6 is 0 Å². The lowest BCUT2D eigenvalue weighted by molar-refractivity contribution is 0.427. The van der Waals surface area contributed by atoms with Gasteiger partial charge in [0, 0.05) is 39.4 Å². The van der Waals surface area contributed by atoms with E-state index >= 15 is 0 Å². The Morgan fingerprint density at radius 3 is 2.75 bits per heavy atom. The number of anilines is 1. The van der Waals surface area contributed by atoms with Gasteiger partial charge in [0.05, 0.1) is 12.9 Å². The molecule has 1 N–H and O–H groups in total. The summed E-state index contributed by atoms with van der Waals surface area (Å²) in [5, 5.41) is 7.27. The van der Waals surface area contributed by atoms with Crippen LogP contribution in [0.15, 0.2) is 28.2 Å². The molecule has 24 heavy (non-hydrogen) atoms. The molecule has 3 heterocycles. The van der Waals surface area contributed by atoms with Crippen LogP contribution in [0.3, 0.4) is 0 Å². The number of nitrogens with one attached hydrogen (secondary N) is 1. The average molecular weight is 335 g/mol. The Morgan fingerprint density at radius 2 is 2.00 bits per heavy atom. The summed E-state index contributed by atoms with van der Waals surface area (Å²) in [5.41, 5.74) is -0.0493. The van der Waals surface area contributed by atoms with E-state index in [-0.39, 0.29) is 12.1 Å². The smallest absolute Gasteiger partial charge is 0.332 e. The molecule has 128 valence electrons. The summed E-state index contributed by atoms with van der Waals surface area (Å²) in [4.78, 5) is 28.4. The van der Waals surface area contributed by atoms with Crippen molar-refractivity contribution >= 4 is 17.0 Å². The molecule has 0 bridgehead atoms. The molecule has 0 atom stereocenters. The molecular weight excluding hydrogens is 317 g/mol. The molecule has 0 radical (unpaired) electrons. The van der Waals surface area contributed by atoms with Crippen LogP contribution in [0.4, 0.5) is 10.2 Å². The predicted octanol–water partition coefficient (Wildman–Crippen LogP) is -0.288. The molecule has 0 aromatic carbocycles. The summed E-state index contributed by atoms with van der Waals surface area (Å²) >= 11 is 0. The summed E-state index contributed by atoms with van der Waals surface area (Å²) in [6.07, 6.45) is 3.23. The molecule has 3 rings (SSSR count). The summed E-state index contributed by atoms with van der Waals surface area (Å²) in [5.74, 6) is 0.633. The molecule has 0 aliphatic rings.